The topological polar surface area (TPSA) is 59.5 Å². The third-order valence-corrected chi connectivity index (χ3v) is 5.55. The smallest absolute Gasteiger partial charge is 0.494 e. The number of aromatic nitrogens is 2. The fraction of sp³-hybridized carbons (Fsp3) is 0.375. The molecule has 1 aliphatic heterocycles. The van der Waals surface area contributed by atoms with Gasteiger partial charge in [0, 0.05) is 12.6 Å². The van der Waals surface area contributed by atoms with Gasteiger partial charge in [0.1, 0.15) is 11.5 Å². The van der Waals surface area contributed by atoms with Crippen LogP contribution in [0, 0.1) is 0 Å². The number of likely N-dealkylation sites (tertiary alicyclic amines) is 1. The van der Waals surface area contributed by atoms with Gasteiger partial charge in [0.2, 0.25) is 0 Å². The first-order valence-corrected chi connectivity index (χ1v) is 11.0. The van der Waals surface area contributed by atoms with E-state index in [1.165, 1.54) is 67.4 Å². The van der Waals surface area contributed by atoms with Crippen LogP contribution in [0.25, 0.3) is 16.9 Å². The Morgan fingerprint density at radius 2 is 1.58 bits per heavy atom. The van der Waals surface area contributed by atoms with Gasteiger partial charge in [-0.05, 0) is 86.4 Å². The molecule has 1 saturated heterocycles. The summed E-state index contributed by atoms with van der Waals surface area (Å²) < 4.78 is 48.0. The fourth-order valence-corrected chi connectivity index (χ4v) is 3.92. The van der Waals surface area contributed by atoms with E-state index in [0.717, 1.165) is 18.7 Å². The van der Waals surface area contributed by atoms with E-state index in [0.29, 0.717) is 23.6 Å². The largest absolute Gasteiger partial charge is 0.573 e. The number of piperidine rings is 1. The number of hydrogen-bond acceptors (Lipinski definition) is 4. The highest BCUT2D eigenvalue weighted by atomic mass is 19.4. The van der Waals surface area contributed by atoms with Crippen LogP contribution >= 0.6 is 0 Å². The molecule has 0 bridgehead atoms. The highest BCUT2D eigenvalue weighted by Crippen LogP contribution is 2.25. The Bertz CT molecular complexity index is 1080. The summed E-state index contributed by atoms with van der Waals surface area (Å²) in [4.78, 5) is 14.9. The first-order valence-electron chi connectivity index (χ1n) is 11.0. The summed E-state index contributed by atoms with van der Waals surface area (Å²) in [6, 6.07) is 13.9. The van der Waals surface area contributed by atoms with E-state index in [4.69, 9.17) is 4.74 Å². The number of halogens is 3. The van der Waals surface area contributed by atoms with Gasteiger partial charge in [-0.1, -0.05) is 6.42 Å². The van der Waals surface area contributed by atoms with Crippen molar-refractivity contribution < 1.29 is 22.6 Å². The van der Waals surface area contributed by atoms with Crippen molar-refractivity contribution in [1.82, 2.24) is 14.7 Å². The van der Waals surface area contributed by atoms with E-state index in [1.807, 2.05) is 12.1 Å². The first kappa shape index (κ1) is 23.0. The zero-order valence-electron chi connectivity index (χ0n) is 18.1. The molecule has 176 valence electrons. The van der Waals surface area contributed by atoms with Crippen LogP contribution in [0.1, 0.15) is 25.7 Å². The van der Waals surface area contributed by atoms with Crippen molar-refractivity contribution in [2.45, 2.75) is 32.0 Å². The molecule has 0 aliphatic carbocycles. The summed E-state index contributed by atoms with van der Waals surface area (Å²) in [5.41, 5.74) is 1.39. The molecule has 33 heavy (non-hydrogen) atoms. The molecule has 1 N–H and O–H groups in total. The molecule has 0 unspecified atom stereocenters. The minimum absolute atomic E-state index is 0.282. The summed E-state index contributed by atoms with van der Waals surface area (Å²) in [5, 5.41) is 2.98. The highest BCUT2D eigenvalue weighted by molar-refractivity contribution is 5.60. The molecule has 9 heteroatoms. The van der Waals surface area contributed by atoms with Gasteiger partial charge in [0.05, 0.1) is 18.0 Å². The Hall–Kier alpha value is -3.20. The molecule has 1 aliphatic rings. The van der Waals surface area contributed by atoms with Crippen molar-refractivity contribution >= 4 is 0 Å². The maximum absolute atomic E-state index is 12.4. The molecule has 3 aromatic rings. The Balaban J connectivity index is 1.35. The van der Waals surface area contributed by atoms with Gasteiger partial charge in [-0.3, -0.25) is 9.89 Å². The Morgan fingerprint density at radius 1 is 0.909 bits per heavy atom. The van der Waals surface area contributed by atoms with Gasteiger partial charge >= 0.3 is 6.36 Å². The van der Waals surface area contributed by atoms with Crippen molar-refractivity contribution in [1.29, 1.82) is 0 Å². The highest BCUT2D eigenvalue weighted by Gasteiger charge is 2.31. The van der Waals surface area contributed by atoms with Crippen LogP contribution in [0.3, 0.4) is 0 Å². The monoisotopic (exact) mass is 461 g/mol. The Kier molecular flexibility index (Phi) is 7.08. The van der Waals surface area contributed by atoms with Gasteiger partial charge in [-0.25, -0.2) is 4.68 Å². The van der Waals surface area contributed by atoms with Gasteiger partial charge in [-0.15, -0.1) is 13.2 Å². The number of alkyl halides is 3. The van der Waals surface area contributed by atoms with Crippen molar-refractivity contribution in [2.75, 3.05) is 26.2 Å². The van der Waals surface area contributed by atoms with Crippen LogP contribution in [0.4, 0.5) is 13.2 Å². The summed E-state index contributed by atoms with van der Waals surface area (Å²) in [6.45, 7) is 4.03. The van der Waals surface area contributed by atoms with E-state index in [1.54, 1.807) is 12.1 Å². The molecule has 0 saturated carbocycles. The minimum Gasteiger partial charge on any atom is -0.494 e. The third-order valence-electron chi connectivity index (χ3n) is 5.55. The van der Waals surface area contributed by atoms with Crippen LogP contribution in [0.5, 0.6) is 11.5 Å². The molecule has 2 aromatic carbocycles. The number of benzene rings is 2. The summed E-state index contributed by atoms with van der Waals surface area (Å²) in [5.74, 6) is 0.414. The van der Waals surface area contributed by atoms with Gasteiger partial charge in [0.25, 0.3) is 5.56 Å². The average Bonchev–Trinajstić information content (AvgIpc) is 3.19. The van der Waals surface area contributed by atoms with Crippen molar-refractivity contribution in [3.8, 4) is 28.4 Å². The number of rotatable bonds is 8. The van der Waals surface area contributed by atoms with Crippen molar-refractivity contribution in [3.63, 3.8) is 0 Å². The molecule has 0 amide bonds. The predicted octanol–water partition coefficient (Wildman–Crippen LogP) is 4.99. The maximum atomic E-state index is 12.4. The lowest BCUT2D eigenvalue weighted by atomic mass is 10.1. The van der Waals surface area contributed by atoms with E-state index < -0.39 is 6.36 Å². The third kappa shape index (κ3) is 6.41. The zero-order valence-corrected chi connectivity index (χ0v) is 18.1. The zero-order chi connectivity index (χ0) is 23.3. The van der Waals surface area contributed by atoms with Crippen LogP contribution in [-0.2, 0) is 0 Å². The lowest BCUT2D eigenvalue weighted by Crippen LogP contribution is -2.31. The molecule has 0 spiro atoms. The van der Waals surface area contributed by atoms with Gasteiger partial charge < -0.3 is 14.4 Å². The lowest BCUT2D eigenvalue weighted by molar-refractivity contribution is -0.274. The number of nitrogens with zero attached hydrogens (tertiary/aromatic N) is 2. The van der Waals surface area contributed by atoms with E-state index in [-0.39, 0.29) is 11.3 Å². The molecule has 1 fully saturated rings. The summed E-state index contributed by atoms with van der Waals surface area (Å²) in [7, 11) is 0. The minimum atomic E-state index is -4.75. The molecule has 1 aromatic heterocycles. The summed E-state index contributed by atoms with van der Waals surface area (Å²) in [6.07, 6.45) is 0.101. The quantitative estimate of drug-likeness (QED) is 0.481. The Labute approximate surface area is 189 Å². The number of aromatic amines is 1. The number of nitrogens with one attached hydrogen (secondary N) is 1. The predicted molar refractivity (Wildman–Crippen MR) is 119 cm³/mol. The van der Waals surface area contributed by atoms with Crippen LogP contribution in [0.2, 0.25) is 0 Å². The second-order valence-corrected chi connectivity index (χ2v) is 8.01. The van der Waals surface area contributed by atoms with Crippen molar-refractivity contribution in [2.24, 2.45) is 0 Å². The summed E-state index contributed by atoms with van der Waals surface area (Å²) >= 11 is 0. The lowest BCUT2D eigenvalue weighted by Gasteiger charge is -2.26. The average molecular weight is 461 g/mol. The molecule has 0 atom stereocenters. The molecule has 4 rings (SSSR count). The Morgan fingerprint density at radius 3 is 2.24 bits per heavy atom. The van der Waals surface area contributed by atoms with Crippen LogP contribution in [-0.4, -0.2) is 47.3 Å². The molecule has 0 radical (unpaired) electrons. The van der Waals surface area contributed by atoms with Crippen LogP contribution < -0.4 is 15.0 Å². The molecular formula is C24H26F3N3O3. The fourth-order valence-electron chi connectivity index (χ4n) is 3.92. The molecular weight excluding hydrogens is 435 g/mol. The molecule has 6 nitrogen and oxygen atoms in total. The normalized spacial score (nSPS) is 14.9. The van der Waals surface area contributed by atoms with Gasteiger partial charge in [-0.2, -0.15) is 0 Å². The second-order valence-electron chi connectivity index (χ2n) is 8.01. The number of H-pyrrole nitrogens is 1. The first-order chi connectivity index (χ1) is 15.9. The van der Waals surface area contributed by atoms with Crippen molar-refractivity contribution in [3.05, 3.63) is 65.0 Å². The van der Waals surface area contributed by atoms with E-state index >= 15 is 0 Å². The van der Waals surface area contributed by atoms with E-state index in [2.05, 4.69) is 14.7 Å². The standard InChI is InChI=1S/C24H26F3N3O3/c25-24(26,27)33-21-9-5-18(6-10-21)22-17-23(31)30(28-22)19-7-11-20(12-8-19)32-16-4-15-29-13-2-1-3-14-29/h5-12,17,28H,1-4,13-16H2. The van der Waals surface area contributed by atoms with E-state index in [9.17, 15) is 18.0 Å². The maximum Gasteiger partial charge on any atom is 0.573 e. The second kappa shape index (κ2) is 10.2. The SMILES string of the molecule is O=c1cc(-c2ccc(OC(F)(F)F)cc2)[nH]n1-c1ccc(OCCCN2CCCCC2)cc1. The molecule has 2 heterocycles. The van der Waals surface area contributed by atoms with Gasteiger partial charge in [0.15, 0.2) is 0 Å². The van der Waals surface area contributed by atoms with Crippen LogP contribution in [0.15, 0.2) is 59.4 Å². The number of ether oxygens (including phenoxy) is 2. The number of hydrogen-bond donors (Lipinski definition) is 1.